The van der Waals surface area contributed by atoms with Crippen molar-refractivity contribution in [1.29, 1.82) is 0 Å². The molecule has 0 aliphatic rings. The van der Waals surface area contributed by atoms with E-state index in [2.05, 4.69) is 0 Å². The SMILES string of the molecule is N[C@@H](CC(=O)O)C(=O)[O-].N[C@@H](CC(=O)O)C(=O)[O-].N[C@@H](CC(=O)O)C(=O)[O-].N[C@@H](CC(=O)O)C(=O)[O-].[Sr+2].[Sr+2]. The van der Waals surface area contributed by atoms with E-state index in [-0.39, 0.29) is 91.0 Å². The van der Waals surface area contributed by atoms with Crippen LogP contribution in [0.15, 0.2) is 0 Å². The Hall–Kier alpha value is -1.44. The number of hydrogen-bond donors (Lipinski definition) is 8. The summed E-state index contributed by atoms with van der Waals surface area (Å²) in [5.74, 6) is -11.2. The van der Waals surface area contributed by atoms with Crippen LogP contribution in [0.3, 0.4) is 0 Å². The number of carboxylic acids is 8. The zero-order valence-electron chi connectivity index (χ0n) is 19.5. The van der Waals surface area contributed by atoms with Crippen LogP contribution in [0.5, 0.6) is 0 Å². The van der Waals surface area contributed by atoms with E-state index in [0.29, 0.717) is 0 Å². The van der Waals surface area contributed by atoms with E-state index in [1.165, 1.54) is 0 Å². The average molecular weight is 704 g/mol. The topological polar surface area (TPSA) is 414 Å². The van der Waals surface area contributed by atoms with Gasteiger partial charge in [-0.3, -0.25) is 19.2 Å². The molecule has 0 aromatic heterocycles. The van der Waals surface area contributed by atoms with Gasteiger partial charge in [-0.25, -0.2) is 0 Å². The van der Waals surface area contributed by atoms with E-state index in [1.54, 1.807) is 0 Å². The van der Waals surface area contributed by atoms with Crippen LogP contribution in [0.1, 0.15) is 25.7 Å². The van der Waals surface area contributed by atoms with Crippen LogP contribution in [0.2, 0.25) is 0 Å². The summed E-state index contributed by atoms with van der Waals surface area (Å²) in [4.78, 5) is 77.9. The van der Waals surface area contributed by atoms with Gasteiger partial charge in [-0.05, 0) is 0 Å². The summed E-state index contributed by atoms with van der Waals surface area (Å²) < 4.78 is 0. The van der Waals surface area contributed by atoms with Gasteiger partial charge in [0.1, 0.15) is 0 Å². The molecule has 0 unspecified atom stereocenters. The van der Waals surface area contributed by atoms with Crippen LogP contribution < -0.4 is 43.4 Å². The molecule has 208 valence electrons. The second-order valence-electron chi connectivity index (χ2n) is 6.09. The first kappa shape index (κ1) is 49.5. The molecule has 0 fully saturated rings. The minimum absolute atomic E-state index is 0. The largest absolute Gasteiger partial charge is 2.00 e. The Bertz CT molecular complexity index is 669. The van der Waals surface area contributed by atoms with Crippen molar-refractivity contribution < 1.29 is 79.2 Å². The fourth-order valence-corrected chi connectivity index (χ4v) is 1.09. The van der Waals surface area contributed by atoms with E-state index < -0.39 is 97.6 Å². The first-order valence-corrected chi connectivity index (χ1v) is 8.88. The van der Waals surface area contributed by atoms with Crippen molar-refractivity contribution in [2.24, 2.45) is 22.9 Å². The van der Waals surface area contributed by atoms with Gasteiger partial charge in [-0.1, -0.05) is 0 Å². The number of carboxylic acid groups (broad SMARTS) is 8. The Morgan fingerprint density at radius 1 is 0.421 bits per heavy atom. The molecule has 0 spiro atoms. The van der Waals surface area contributed by atoms with Gasteiger partial charge in [0, 0.05) is 0 Å². The smallest absolute Gasteiger partial charge is 0.548 e. The number of rotatable bonds is 12. The van der Waals surface area contributed by atoms with Gasteiger partial charge in [-0.2, -0.15) is 0 Å². The average Bonchev–Trinajstić information content (AvgIpc) is 2.67. The predicted molar refractivity (Wildman–Crippen MR) is 112 cm³/mol. The molecule has 0 saturated carbocycles. The van der Waals surface area contributed by atoms with E-state index in [4.69, 9.17) is 43.4 Å². The maximum atomic E-state index is 9.74. The Labute approximate surface area is 287 Å². The summed E-state index contributed by atoms with van der Waals surface area (Å²) >= 11 is 0. The predicted octanol–water partition coefficient (Wildman–Crippen LogP) is -10.6. The van der Waals surface area contributed by atoms with Crippen LogP contribution >= 0.6 is 0 Å². The van der Waals surface area contributed by atoms with Crippen molar-refractivity contribution in [2.75, 3.05) is 0 Å². The van der Waals surface area contributed by atoms with Gasteiger partial charge in [0.05, 0.1) is 73.7 Å². The van der Waals surface area contributed by atoms with Crippen molar-refractivity contribution in [1.82, 2.24) is 0 Å². The molecule has 22 heteroatoms. The molecule has 38 heavy (non-hydrogen) atoms. The molecule has 0 heterocycles. The summed E-state index contributed by atoms with van der Waals surface area (Å²) in [6.07, 6.45) is -2.38. The molecule has 12 N–H and O–H groups in total. The van der Waals surface area contributed by atoms with Gasteiger partial charge in [0.15, 0.2) is 0 Å². The van der Waals surface area contributed by atoms with Crippen LogP contribution in [0.25, 0.3) is 0 Å². The third-order valence-electron chi connectivity index (χ3n) is 2.79. The molecule has 0 aliphatic carbocycles. The fraction of sp³-hybridized carbons (Fsp3) is 0.500. The van der Waals surface area contributed by atoms with E-state index in [0.717, 1.165) is 0 Å². The molecular formula is C16H24N4O16Sr2. The summed E-state index contributed by atoms with van der Waals surface area (Å²) in [6.45, 7) is 0. The maximum Gasteiger partial charge on any atom is 2.00 e. The second-order valence-corrected chi connectivity index (χ2v) is 6.09. The molecule has 0 aliphatic heterocycles. The molecule has 0 bridgehead atoms. The van der Waals surface area contributed by atoms with E-state index >= 15 is 0 Å². The Morgan fingerprint density at radius 3 is 0.553 bits per heavy atom. The van der Waals surface area contributed by atoms with Crippen LogP contribution in [-0.4, -0.2) is 183 Å². The number of hydrogen-bond acceptors (Lipinski definition) is 16. The number of nitrogens with two attached hydrogens (primary N) is 4. The number of carbonyl (C=O) groups excluding carboxylic acids is 4. The Kier molecular flexibility index (Phi) is 37.2. The minimum Gasteiger partial charge on any atom is -0.548 e. The third kappa shape index (κ3) is 41.7. The fourth-order valence-electron chi connectivity index (χ4n) is 1.09. The van der Waals surface area contributed by atoms with Gasteiger partial charge in [0.2, 0.25) is 0 Å². The molecule has 0 saturated heterocycles. The first-order valence-electron chi connectivity index (χ1n) is 8.88. The van der Waals surface area contributed by atoms with Gasteiger partial charge in [-0.15, -0.1) is 0 Å². The van der Waals surface area contributed by atoms with Crippen LogP contribution in [-0.2, 0) is 38.4 Å². The summed E-state index contributed by atoms with van der Waals surface area (Å²) in [7, 11) is 0. The monoisotopic (exact) mass is 704 g/mol. The number of carbonyl (C=O) groups is 8. The van der Waals surface area contributed by atoms with Crippen molar-refractivity contribution in [3.63, 3.8) is 0 Å². The van der Waals surface area contributed by atoms with Crippen molar-refractivity contribution in [3.8, 4) is 0 Å². The normalized spacial score (nSPS) is 11.9. The summed E-state index contributed by atoms with van der Waals surface area (Å²) in [5, 5.41) is 70.8. The molecule has 0 radical (unpaired) electrons. The standard InChI is InChI=1S/4C4H7NO4.2Sr/c4*5-2(4(8)9)1-3(6)7;;/h4*2H,1,5H2,(H,6,7)(H,8,9);;/q;;;;2*+2/p-4/t4*2-;;/m0000../s1. The minimum atomic E-state index is -1.54. The molecule has 0 aromatic rings. The molecule has 0 aromatic carbocycles. The van der Waals surface area contributed by atoms with E-state index in [1.807, 2.05) is 0 Å². The Morgan fingerprint density at radius 2 is 0.526 bits per heavy atom. The van der Waals surface area contributed by atoms with Crippen molar-refractivity contribution in [2.45, 2.75) is 49.9 Å². The van der Waals surface area contributed by atoms with Crippen molar-refractivity contribution >= 4 is 139 Å². The third-order valence-corrected chi connectivity index (χ3v) is 2.79. The summed E-state index contributed by atoms with van der Waals surface area (Å²) in [5.41, 5.74) is 19.1. The molecule has 0 rings (SSSR count). The van der Waals surface area contributed by atoms with Crippen LogP contribution in [0.4, 0.5) is 0 Å². The van der Waals surface area contributed by atoms with E-state index in [9.17, 15) is 58.8 Å². The van der Waals surface area contributed by atoms with Gasteiger partial charge in [0.25, 0.3) is 0 Å². The molecule has 4 atom stereocenters. The first-order chi connectivity index (χ1) is 16.1. The van der Waals surface area contributed by atoms with Crippen molar-refractivity contribution in [3.05, 3.63) is 0 Å². The zero-order chi connectivity index (χ0) is 29.8. The maximum absolute atomic E-state index is 9.74. The Balaban J connectivity index is -0.0000000883. The quantitative estimate of drug-likeness (QED) is 0.0874. The summed E-state index contributed by atoms with van der Waals surface area (Å²) in [6, 6.07) is -5.60. The van der Waals surface area contributed by atoms with Crippen LogP contribution in [0, 0.1) is 0 Å². The molecular weight excluding hydrogens is 679 g/mol. The molecule has 20 nitrogen and oxygen atoms in total. The van der Waals surface area contributed by atoms with Gasteiger partial charge >= 0.3 is 115 Å². The van der Waals surface area contributed by atoms with Gasteiger partial charge < -0.3 is 83.0 Å². The second kappa shape index (κ2) is 28.6. The number of aliphatic carboxylic acids is 8. The molecule has 0 amide bonds. The zero-order valence-corrected chi connectivity index (χ0v) is 26.5.